The number of carbonyl (C=O) groups is 1. The van der Waals surface area contributed by atoms with Crippen molar-refractivity contribution < 1.29 is 9.90 Å². The van der Waals surface area contributed by atoms with Gasteiger partial charge in [-0.25, -0.2) is 0 Å². The molecule has 1 fully saturated rings. The van der Waals surface area contributed by atoms with E-state index in [2.05, 4.69) is 5.32 Å². The summed E-state index contributed by atoms with van der Waals surface area (Å²) in [6.45, 7) is 3.19. The van der Waals surface area contributed by atoms with Gasteiger partial charge in [0, 0.05) is 12.1 Å². The summed E-state index contributed by atoms with van der Waals surface area (Å²) in [6.07, 6.45) is 3.53. The van der Waals surface area contributed by atoms with Crippen LogP contribution in [0.25, 0.3) is 0 Å². The molecule has 0 saturated heterocycles. The largest absolute Gasteiger partial charge is 0.508 e. The number of amides is 1. The van der Waals surface area contributed by atoms with Gasteiger partial charge in [-0.2, -0.15) is 0 Å². The number of hydrogen-bond donors (Lipinski definition) is 3. The van der Waals surface area contributed by atoms with Gasteiger partial charge < -0.3 is 16.2 Å². The van der Waals surface area contributed by atoms with Crippen LogP contribution in [0.1, 0.15) is 35.2 Å². The fourth-order valence-corrected chi connectivity index (χ4v) is 2.82. The van der Waals surface area contributed by atoms with Gasteiger partial charge in [0.15, 0.2) is 0 Å². The quantitative estimate of drug-likeness (QED) is 0.774. The summed E-state index contributed by atoms with van der Waals surface area (Å²) >= 11 is 0. The second kappa shape index (κ2) is 6.06. The lowest BCUT2D eigenvalue weighted by molar-refractivity contribution is 0.0944. The van der Waals surface area contributed by atoms with Gasteiger partial charge >= 0.3 is 0 Å². The molecule has 1 aromatic carbocycles. The minimum atomic E-state index is -0.0780. The first-order chi connectivity index (χ1) is 9.11. The normalized spacial score (nSPS) is 22.4. The zero-order valence-electron chi connectivity index (χ0n) is 11.4. The van der Waals surface area contributed by atoms with Crippen molar-refractivity contribution in [3.8, 4) is 5.75 Å². The molecular weight excluding hydrogens is 240 g/mol. The summed E-state index contributed by atoms with van der Waals surface area (Å²) < 4.78 is 0. The first kappa shape index (κ1) is 13.9. The molecule has 2 atom stereocenters. The Bertz CT molecular complexity index is 459. The van der Waals surface area contributed by atoms with Crippen LogP contribution in [-0.4, -0.2) is 24.1 Å². The fourth-order valence-electron chi connectivity index (χ4n) is 2.82. The zero-order valence-corrected chi connectivity index (χ0v) is 11.4. The van der Waals surface area contributed by atoms with Gasteiger partial charge in [0.2, 0.25) is 0 Å². The van der Waals surface area contributed by atoms with E-state index in [0.717, 1.165) is 6.42 Å². The number of hydrogen-bond acceptors (Lipinski definition) is 3. The molecule has 4 nitrogen and oxygen atoms in total. The number of aryl methyl sites for hydroxylation is 1. The number of aromatic hydroxyl groups is 1. The minimum Gasteiger partial charge on any atom is -0.508 e. The molecule has 1 saturated carbocycles. The lowest BCUT2D eigenvalue weighted by Gasteiger charge is -2.18. The van der Waals surface area contributed by atoms with Crippen LogP contribution in [-0.2, 0) is 0 Å². The van der Waals surface area contributed by atoms with Crippen LogP contribution >= 0.6 is 0 Å². The lowest BCUT2D eigenvalue weighted by atomic mass is 9.96. The summed E-state index contributed by atoms with van der Waals surface area (Å²) in [5, 5.41) is 12.4. The molecule has 19 heavy (non-hydrogen) atoms. The maximum atomic E-state index is 12.0. The van der Waals surface area contributed by atoms with Gasteiger partial charge in [0.1, 0.15) is 5.75 Å². The second-order valence-corrected chi connectivity index (χ2v) is 5.40. The molecule has 1 amide bonds. The topological polar surface area (TPSA) is 75.4 Å². The van der Waals surface area contributed by atoms with Gasteiger partial charge in [-0.15, -0.1) is 0 Å². The van der Waals surface area contributed by atoms with Crippen molar-refractivity contribution in [1.82, 2.24) is 5.32 Å². The smallest absolute Gasteiger partial charge is 0.251 e. The van der Waals surface area contributed by atoms with Crippen LogP contribution in [0.15, 0.2) is 18.2 Å². The Kier molecular flexibility index (Phi) is 4.43. The standard InChI is InChI=1S/C15H22N2O2/c1-10-7-11(5-6-14(10)18)15(19)17-9-13-4-2-3-12(13)8-16/h5-7,12-13,18H,2-4,8-9,16H2,1H3,(H,17,19). The van der Waals surface area contributed by atoms with E-state index in [4.69, 9.17) is 5.73 Å². The Hall–Kier alpha value is -1.55. The summed E-state index contributed by atoms with van der Waals surface area (Å²) in [4.78, 5) is 12.0. The van der Waals surface area contributed by atoms with Crippen molar-refractivity contribution in [3.05, 3.63) is 29.3 Å². The molecule has 2 rings (SSSR count). The summed E-state index contributed by atoms with van der Waals surface area (Å²) in [7, 11) is 0. The average molecular weight is 262 g/mol. The maximum absolute atomic E-state index is 12.0. The monoisotopic (exact) mass is 262 g/mol. The van der Waals surface area contributed by atoms with Crippen LogP contribution in [0.4, 0.5) is 0 Å². The average Bonchev–Trinajstić information content (AvgIpc) is 2.86. The third-order valence-corrected chi connectivity index (χ3v) is 4.10. The highest BCUT2D eigenvalue weighted by Gasteiger charge is 2.26. The highest BCUT2D eigenvalue weighted by molar-refractivity contribution is 5.94. The number of phenolic OH excluding ortho intramolecular Hbond substituents is 1. The predicted molar refractivity (Wildman–Crippen MR) is 75.1 cm³/mol. The molecular formula is C15H22N2O2. The van der Waals surface area contributed by atoms with Crippen LogP contribution in [0.2, 0.25) is 0 Å². The van der Waals surface area contributed by atoms with E-state index >= 15 is 0 Å². The minimum absolute atomic E-state index is 0.0780. The number of phenols is 1. The highest BCUT2D eigenvalue weighted by atomic mass is 16.3. The van der Waals surface area contributed by atoms with Crippen molar-refractivity contribution >= 4 is 5.91 Å². The summed E-state index contributed by atoms with van der Waals surface area (Å²) in [6, 6.07) is 4.91. The molecule has 0 heterocycles. The lowest BCUT2D eigenvalue weighted by Crippen LogP contribution is -2.32. The predicted octanol–water partition coefficient (Wildman–Crippen LogP) is 1.81. The number of carbonyl (C=O) groups excluding carboxylic acids is 1. The highest BCUT2D eigenvalue weighted by Crippen LogP contribution is 2.30. The van der Waals surface area contributed by atoms with Gasteiger partial charge in [-0.05, 0) is 61.9 Å². The Morgan fingerprint density at radius 2 is 2.16 bits per heavy atom. The fraction of sp³-hybridized carbons (Fsp3) is 0.533. The molecule has 4 heteroatoms. The van der Waals surface area contributed by atoms with Gasteiger partial charge in [0.25, 0.3) is 5.91 Å². The first-order valence-corrected chi connectivity index (χ1v) is 6.89. The van der Waals surface area contributed by atoms with E-state index in [9.17, 15) is 9.90 Å². The molecule has 4 N–H and O–H groups in total. The van der Waals surface area contributed by atoms with E-state index < -0.39 is 0 Å². The Labute approximate surface area is 114 Å². The molecule has 0 bridgehead atoms. The third-order valence-electron chi connectivity index (χ3n) is 4.10. The van der Waals surface area contributed by atoms with Crippen molar-refractivity contribution in [1.29, 1.82) is 0 Å². The molecule has 0 spiro atoms. The Balaban J connectivity index is 1.92. The van der Waals surface area contributed by atoms with Crippen molar-refractivity contribution in [3.63, 3.8) is 0 Å². The SMILES string of the molecule is Cc1cc(C(=O)NCC2CCCC2CN)ccc1O. The molecule has 1 aliphatic rings. The molecule has 2 unspecified atom stereocenters. The van der Waals surface area contributed by atoms with Gasteiger partial charge in [0.05, 0.1) is 0 Å². The van der Waals surface area contributed by atoms with Crippen LogP contribution in [0, 0.1) is 18.8 Å². The molecule has 0 aromatic heterocycles. The second-order valence-electron chi connectivity index (χ2n) is 5.40. The van der Waals surface area contributed by atoms with Gasteiger partial charge in [-0.3, -0.25) is 4.79 Å². The van der Waals surface area contributed by atoms with E-state index in [-0.39, 0.29) is 11.7 Å². The van der Waals surface area contributed by atoms with Crippen molar-refractivity contribution in [2.45, 2.75) is 26.2 Å². The first-order valence-electron chi connectivity index (χ1n) is 6.89. The van der Waals surface area contributed by atoms with E-state index in [1.165, 1.54) is 12.8 Å². The number of nitrogens with two attached hydrogens (primary N) is 1. The van der Waals surface area contributed by atoms with Crippen molar-refractivity contribution in [2.24, 2.45) is 17.6 Å². The van der Waals surface area contributed by atoms with E-state index in [1.54, 1.807) is 25.1 Å². The van der Waals surface area contributed by atoms with Gasteiger partial charge in [-0.1, -0.05) is 6.42 Å². The Morgan fingerprint density at radius 3 is 2.84 bits per heavy atom. The number of rotatable bonds is 4. The molecule has 104 valence electrons. The number of nitrogens with one attached hydrogen (secondary N) is 1. The summed E-state index contributed by atoms with van der Waals surface area (Å²) in [5.74, 6) is 1.19. The molecule has 0 radical (unpaired) electrons. The molecule has 1 aliphatic carbocycles. The third kappa shape index (κ3) is 3.26. The molecule has 0 aliphatic heterocycles. The maximum Gasteiger partial charge on any atom is 0.251 e. The van der Waals surface area contributed by atoms with E-state index in [0.29, 0.717) is 36.1 Å². The van der Waals surface area contributed by atoms with Crippen molar-refractivity contribution in [2.75, 3.05) is 13.1 Å². The van der Waals surface area contributed by atoms with Crippen LogP contribution in [0.3, 0.4) is 0 Å². The number of benzene rings is 1. The molecule has 1 aromatic rings. The van der Waals surface area contributed by atoms with Crippen LogP contribution in [0.5, 0.6) is 5.75 Å². The zero-order chi connectivity index (χ0) is 13.8. The van der Waals surface area contributed by atoms with Crippen LogP contribution < -0.4 is 11.1 Å². The summed E-state index contributed by atoms with van der Waals surface area (Å²) in [5.41, 5.74) is 7.05. The Morgan fingerprint density at radius 1 is 1.42 bits per heavy atom. The van der Waals surface area contributed by atoms with E-state index in [1.807, 2.05) is 0 Å².